The van der Waals surface area contributed by atoms with Crippen LogP contribution in [0.3, 0.4) is 0 Å². The van der Waals surface area contributed by atoms with Gasteiger partial charge in [-0.15, -0.1) is 0 Å². The molecule has 21 heavy (non-hydrogen) atoms. The van der Waals surface area contributed by atoms with Crippen LogP contribution in [0.25, 0.3) is 0 Å². The van der Waals surface area contributed by atoms with E-state index in [1.165, 1.54) is 0 Å². The van der Waals surface area contributed by atoms with Crippen molar-refractivity contribution < 1.29 is 4.79 Å². The van der Waals surface area contributed by atoms with Crippen LogP contribution in [0.4, 0.5) is 0 Å². The predicted molar refractivity (Wildman–Crippen MR) is 82.0 cm³/mol. The smallest absolute Gasteiger partial charge is 0.132 e. The van der Waals surface area contributed by atoms with Crippen molar-refractivity contribution in [2.45, 2.75) is 38.6 Å². The van der Waals surface area contributed by atoms with Gasteiger partial charge in [0, 0.05) is 51.4 Å². The van der Waals surface area contributed by atoms with Crippen molar-refractivity contribution in [2.75, 3.05) is 32.7 Å². The van der Waals surface area contributed by atoms with Crippen molar-refractivity contribution in [3.05, 3.63) is 18.2 Å². The zero-order valence-corrected chi connectivity index (χ0v) is 12.9. The number of aromatic amines is 1. The molecule has 1 atom stereocenters. The largest absolute Gasteiger partial charge is 0.347 e. The summed E-state index contributed by atoms with van der Waals surface area (Å²) in [5.41, 5.74) is 0. The number of aromatic nitrogens is 2. The summed E-state index contributed by atoms with van der Waals surface area (Å²) >= 11 is 0. The molecule has 1 aliphatic carbocycles. The number of nitrogens with one attached hydrogen (secondary N) is 1. The van der Waals surface area contributed by atoms with Crippen molar-refractivity contribution in [3.8, 4) is 0 Å². The summed E-state index contributed by atoms with van der Waals surface area (Å²) in [6.45, 7) is 7.71. The van der Waals surface area contributed by atoms with Gasteiger partial charge in [0.15, 0.2) is 0 Å². The molecule has 3 rings (SSSR count). The molecular weight excluding hydrogens is 264 g/mol. The second-order valence-electron chi connectivity index (χ2n) is 6.36. The van der Waals surface area contributed by atoms with Crippen molar-refractivity contribution in [3.63, 3.8) is 0 Å². The predicted octanol–water partition coefficient (Wildman–Crippen LogP) is 1.85. The van der Waals surface area contributed by atoms with E-state index in [-0.39, 0.29) is 0 Å². The van der Waals surface area contributed by atoms with E-state index in [1.807, 2.05) is 12.4 Å². The molecule has 1 aliphatic heterocycles. The van der Waals surface area contributed by atoms with Crippen molar-refractivity contribution in [1.29, 1.82) is 0 Å². The average Bonchev–Trinajstić information content (AvgIpc) is 3.04. The van der Waals surface area contributed by atoms with Crippen LogP contribution in [-0.4, -0.2) is 58.3 Å². The van der Waals surface area contributed by atoms with Gasteiger partial charge in [-0.05, 0) is 25.3 Å². The van der Waals surface area contributed by atoms with Gasteiger partial charge in [0.05, 0.1) is 6.04 Å². The van der Waals surface area contributed by atoms with Crippen molar-refractivity contribution in [1.82, 2.24) is 19.8 Å². The number of nitrogens with zero attached hydrogens (tertiary/aromatic N) is 3. The van der Waals surface area contributed by atoms with Crippen molar-refractivity contribution in [2.24, 2.45) is 5.92 Å². The molecule has 0 aromatic carbocycles. The fourth-order valence-electron chi connectivity index (χ4n) is 3.69. The average molecular weight is 290 g/mol. The third-order valence-corrected chi connectivity index (χ3v) is 5.00. The minimum Gasteiger partial charge on any atom is -0.347 e. The number of H-pyrrole nitrogens is 1. The summed E-state index contributed by atoms with van der Waals surface area (Å²) in [7, 11) is 0. The Kier molecular flexibility index (Phi) is 4.70. The Balaban J connectivity index is 1.59. The Morgan fingerprint density at radius 2 is 2.14 bits per heavy atom. The lowest BCUT2D eigenvalue weighted by atomic mass is 9.88. The highest BCUT2D eigenvalue weighted by Crippen LogP contribution is 2.26. The van der Waals surface area contributed by atoms with Crippen LogP contribution in [0.2, 0.25) is 0 Å². The monoisotopic (exact) mass is 290 g/mol. The van der Waals surface area contributed by atoms with E-state index in [0.717, 1.165) is 64.2 Å². The molecule has 0 amide bonds. The Morgan fingerprint density at radius 3 is 2.81 bits per heavy atom. The minimum absolute atomic E-state index is 0.379. The van der Waals surface area contributed by atoms with E-state index < -0.39 is 0 Å². The number of imidazole rings is 1. The third-order valence-electron chi connectivity index (χ3n) is 5.00. The molecule has 1 N–H and O–H groups in total. The number of likely N-dealkylation sites (N-methyl/N-ethyl adjacent to an activating group) is 1. The van der Waals surface area contributed by atoms with Crippen LogP contribution >= 0.6 is 0 Å². The highest BCUT2D eigenvalue weighted by Gasteiger charge is 2.30. The van der Waals surface area contributed by atoms with Crippen LogP contribution in [0.5, 0.6) is 0 Å². The van der Waals surface area contributed by atoms with E-state index in [4.69, 9.17) is 0 Å². The molecule has 5 heteroatoms. The standard InChI is InChI=1S/C16H26N4O/c1-2-20-10-9-19(11-13-3-5-14(21)6-4-13)12-15(20)16-17-7-8-18-16/h7-8,13,15H,2-6,9-12H2,1H3,(H,17,18). The fraction of sp³-hybridized carbons (Fsp3) is 0.750. The molecule has 2 aliphatic rings. The van der Waals surface area contributed by atoms with Crippen LogP contribution in [0.1, 0.15) is 44.5 Å². The Morgan fingerprint density at radius 1 is 1.33 bits per heavy atom. The number of hydrogen-bond acceptors (Lipinski definition) is 4. The normalized spacial score (nSPS) is 26.3. The highest BCUT2D eigenvalue weighted by atomic mass is 16.1. The van der Waals surface area contributed by atoms with Crippen LogP contribution in [0.15, 0.2) is 12.4 Å². The number of ketones is 1. The molecule has 2 fully saturated rings. The van der Waals surface area contributed by atoms with E-state index in [0.29, 0.717) is 17.7 Å². The first-order valence-corrected chi connectivity index (χ1v) is 8.23. The lowest BCUT2D eigenvalue weighted by Crippen LogP contribution is -2.49. The zero-order valence-electron chi connectivity index (χ0n) is 12.9. The van der Waals surface area contributed by atoms with Gasteiger partial charge < -0.3 is 4.98 Å². The number of hydrogen-bond donors (Lipinski definition) is 1. The summed E-state index contributed by atoms with van der Waals surface area (Å²) < 4.78 is 0. The number of carbonyl (C=O) groups excluding carboxylic acids is 1. The highest BCUT2D eigenvalue weighted by molar-refractivity contribution is 5.79. The van der Waals surface area contributed by atoms with Crippen LogP contribution < -0.4 is 0 Å². The van der Waals surface area contributed by atoms with Gasteiger partial charge in [0.1, 0.15) is 11.6 Å². The number of rotatable bonds is 4. The van der Waals surface area contributed by atoms with Gasteiger partial charge in [-0.3, -0.25) is 14.6 Å². The maximum Gasteiger partial charge on any atom is 0.132 e. The SMILES string of the molecule is CCN1CCN(CC2CCC(=O)CC2)CC1c1ncc[nH]1. The maximum atomic E-state index is 11.4. The molecule has 1 aromatic rings. The van der Waals surface area contributed by atoms with E-state index >= 15 is 0 Å². The second kappa shape index (κ2) is 6.71. The molecule has 0 spiro atoms. The summed E-state index contributed by atoms with van der Waals surface area (Å²) in [5, 5.41) is 0. The van der Waals surface area contributed by atoms with Crippen molar-refractivity contribution >= 4 is 5.78 Å². The molecular formula is C16H26N4O. The molecule has 116 valence electrons. The quantitative estimate of drug-likeness (QED) is 0.919. The van der Waals surface area contributed by atoms with E-state index in [2.05, 4.69) is 26.7 Å². The number of piperazine rings is 1. The summed E-state index contributed by atoms with van der Waals surface area (Å²) in [4.78, 5) is 24.2. The molecule has 1 unspecified atom stereocenters. The van der Waals surface area contributed by atoms with Gasteiger partial charge in [0.2, 0.25) is 0 Å². The van der Waals surface area contributed by atoms with Gasteiger partial charge in [-0.2, -0.15) is 0 Å². The topological polar surface area (TPSA) is 52.2 Å². The fourth-order valence-corrected chi connectivity index (χ4v) is 3.69. The Bertz CT molecular complexity index is 449. The van der Waals surface area contributed by atoms with Gasteiger partial charge >= 0.3 is 0 Å². The molecule has 1 aromatic heterocycles. The van der Waals surface area contributed by atoms with Crippen LogP contribution in [0, 0.1) is 5.92 Å². The molecule has 1 saturated heterocycles. The van der Waals surface area contributed by atoms with E-state index in [9.17, 15) is 4.79 Å². The second-order valence-corrected chi connectivity index (χ2v) is 6.36. The summed E-state index contributed by atoms with van der Waals surface area (Å²) in [6, 6.07) is 0.379. The number of carbonyl (C=O) groups is 1. The van der Waals surface area contributed by atoms with Gasteiger partial charge in [0.25, 0.3) is 0 Å². The molecule has 2 heterocycles. The summed E-state index contributed by atoms with van der Waals surface area (Å²) in [5.74, 6) is 2.24. The minimum atomic E-state index is 0.379. The number of Topliss-reactive ketones (excluding diaryl/α,β-unsaturated/α-hetero) is 1. The maximum absolute atomic E-state index is 11.4. The molecule has 5 nitrogen and oxygen atoms in total. The summed E-state index contributed by atoms with van der Waals surface area (Å²) in [6.07, 6.45) is 7.50. The molecule has 1 saturated carbocycles. The first kappa shape index (κ1) is 14.7. The Labute approximate surface area is 126 Å². The first-order chi connectivity index (χ1) is 10.3. The van der Waals surface area contributed by atoms with Gasteiger partial charge in [-0.1, -0.05) is 6.92 Å². The van der Waals surface area contributed by atoms with Crippen LogP contribution in [-0.2, 0) is 4.79 Å². The third kappa shape index (κ3) is 3.52. The van der Waals surface area contributed by atoms with E-state index in [1.54, 1.807) is 0 Å². The molecule has 0 radical (unpaired) electrons. The molecule has 0 bridgehead atoms. The lowest BCUT2D eigenvalue weighted by molar-refractivity contribution is -0.121. The Hall–Kier alpha value is -1.20. The first-order valence-electron chi connectivity index (χ1n) is 8.23. The lowest BCUT2D eigenvalue weighted by Gasteiger charge is -2.41. The zero-order chi connectivity index (χ0) is 14.7. The van der Waals surface area contributed by atoms with Gasteiger partial charge in [-0.25, -0.2) is 4.98 Å².